The maximum atomic E-state index is 13.3. The smallest absolute Gasteiger partial charge is 0.453 e. The Labute approximate surface area is 163 Å². The largest absolute Gasteiger partial charge is 0.454 e. The summed E-state index contributed by atoms with van der Waals surface area (Å²) in [5.74, 6) is -0.394. The van der Waals surface area contributed by atoms with Crippen molar-refractivity contribution in [3.63, 3.8) is 0 Å². The molecule has 152 valence electrons. The summed E-state index contributed by atoms with van der Waals surface area (Å²) in [5, 5.41) is 6.62. The molecule has 7 nitrogen and oxygen atoms in total. The highest BCUT2D eigenvalue weighted by Crippen LogP contribution is 2.47. The summed E-state index contributed by atoms with van der Waals surface area (Å²) < 4.78 is 51.7. The topological polar surface area (TPSA) is 78.3 Å². The van der Waals surface area contributed by atoms with Crippen LogP contribution in [0.4, 0.5) is 19.1 Å². The predicted molar refractivity (Wildman–Crippen MR) is 94.4 cm³/mol. The molecule has 2 aromatic rings. The third-order valence-corrected chi connectivity index (χ3v) is 5.30. The van der Waals surface area contributed by atoms with E-state index < -0.39 is 18.0 Å². The lowest BCUT2D eigenvalue weighted by molar-refractivity contribution is -0.145. The number of halogens is 3. The minimum atomic E-state index is -4.70. The number of alkyl halides is 3. The van der Waals surface area contributed by atoms with Gasteiger partial charge in [-0.2, -0.15) is 18.2 Å². The molecule has 0 fully saturated rings. The van der Waals surface area contributed by atoms with Crippen LogP contribution in [0.3, 0.4) is 0 Å². The molecule has 0 unspecified atom stereocenters. The average Bonchev–Trinajstić information content (AvgIpc) is 3.24. The van der Waals surface area contributed by atoms with Crippen molar-refractivity contribution in [3.8, 4) is 11.5 Å². The molecule has 1 atom stereocenters. The Morgan fingerprint density at radius 1 is 1.21 bits per heavy atom. The van der Waals surface area contributed by atoms with E-state index >= 15 is 0 Å². The maximum Gasteiger partial charge on any atom is 0.453 e. The van der Waals surface area contributed by atoms with E-state index in [0.717, 1.165) is 4.68 Å². The highest BCUT2D eigenvalue weighted by molar-refractivity contribution is 6.00. The highest BCUT2D eigenvalue weighted by atomic mass is 19.4. The first-order chi connectivity index (χ1) is 13.6. The molecule has 3 aliphatic rings. The van der Waals surface area contributed by atoms with E-state index in [9.17, 15) is 18.0 Å². The molecule has 10 heteroatoms. The lowest BCUT2D eigenvalue weighted by atomic mass is 9.73. The number of allylic oxidation sites excluding steroid dienone is 2. The Hall–Kier alpha value is -3.04. The van der Waals surface area contributed by atoms with E-state index in [1.165, 1.54) is 0 Å². The van der Waals surface area contributed by atoms with Gasteiger partial charge in [0.05, 0.1) is 0 Å². The van der Waals surface area contributed by atoms with Gasteiger partial charge in [-0.05, 0) is 29.5 Å². The molecular formula is C19H17F3N4O3. The fourth-order valence-corrected chi connectivity index (χ4v) is 4.12. The molecule has 1 N–H and O–H groups in total. The van der Waals surface area contributed by atoms with Crippen molar-refractivity contribution < 1.29 is 27.4 Å². The van der Waals surface area contributed by atoms with Crippen molar-refractivity contribution in [2.75, 3.05) is 12.1 Å². The molecular weight excluding hydrogens is 389 g/mol. The first-order valence-corrected chi connectivity index (χ1v) is 9.09. The van der Waals surface area contributed by atoms with Crippen LogP contribution in [-0.2, 0) is 11.0 Å². The second-order valence-corrected chi connectivity index (χ2v) is 8.17. The van der Waals surface area contributed by atoms with E-state index in [1.807, 2.05) is 13.8 Å². The highest BCUT2D eigenvalue weighted by Gasteiger charge is 2.45. The van der Waals surface area contributed by atoms with Gasteiger partial charge >= 0.3 is 6.18 Å². The number of anilines is 1. The molecule has 3 heterocycles. The Bertz CT molecular complexity index is 1070. The van der Waals surface area contributed by atoms with Gasteiger partial charge in [-0.3, -0.25) is 4.79 Å². The summed E-state index contributed by atoms with van der Waals surface area (Å²) >= 11 is 0. The normalized spacial score (nSPS) is 22.2. The molecule has 1 aromatic carbocycles. The zero-order chi connectivity index (χ0) is 20.6. The first-order valence-electron chi connectivity index (χ1n) is 9.09. The van der Waals surface area contributed by atoms with Crippen LogP contribution in [0.1, 0.15) is 44.1 Å². The first kappa shape index (κ1) is 18.0. The number of carbonyl (C=O) groups excluding carboxylic acids is 1. The number of carbonyl (C=O) groups is 1. The minimum absolute atomic E-state index is 0.0377. The summed E-state index contributed by atoms with van der Waals surface area (Å²) in [5.41, 5.74) is 1.27. The summed E-state index contributed by atoms with van der Waals surface area (Å²) in [7, 11) is 0. The van der Waals surface area contributed by atoms with Crippen molar-refractivity contribution in [1.82, 2.24) is 14.8 Å². The van der Waals surface area contributed by atoms with Crippen molar-refractivity contribution in [3.05, 3.63) is 40.9 Å². The average molecular weight is 406 g/mol. The number of ketones is 1. The number of nitrogens with zero attached hydrogens (tertiary/aromatic N) is 3. The van der Waals surface area contributed by atoms with Crippen LogP contribution in [0.5, 0.6) is 11.5 Å². The van der Waals surface area contributed by atoms with Crippen molar-refractivity contribution in [2.45, 2.75) is 38.9 Å². The monoisotopic (exact) mass is 406 g/mol. The van der Waals surface area contributed by atoms with Gasteiger partial charge in [0, 0.05) is 17.7 Å². The van der Waals surface area contributed by atoms with E-state index in [4.69, 9.17) is 9.47 Å². The van der Waals surface area contributed by atoms with Gasteiger partial charge in [-0.1, -0.05) is 19.9 Å². The Kier molecular flexibility index (Phi) is 3.57. The van der Waals surface area contributed by atoms with E-state index in [0.29, 0.717) is 41.2 Å². The van der Waals surface area contributed by atoms with Crippen molar-refractivity contribution >= 4 is 11.7 Å². The predicted octanol–water partition coefficient (Wildman–Crippen LogP) is 3.68. The second kappa shape index (κ2) is 5.74. The maximum absolute atomic E-state index is 13.3. The zero-order valence-corrected chi connectivity index (χ0v) is 15.6. The molecule has 0 bridgehead atoms. The van der Waals surface area contributed by atoms with Gasteiger partial charge in [0.25, 0.3) is 5.82 Å². The van der Waals surface area contributed by atoms with Gasteiger partial charge in [-0.15, -0.1) is 5.10 Å². The molecule has 29 heavy (non-hydrogen) atoms. The fourth-order valence-electron chi connectivity index (χ4n) is 4.12. The summed E-state index contributed by atoms with van der Waals surface area (Å²) in [4.78, 5) is 16.7. The number of aromatic nitrogens is 3. The lowest BCUT2D eigenvalue weighted by Gasteiger charge is -2.38. The van der Waals surface area contributed by atoms with Crippen LogP contribution in [0, 0.1) is 5.41 Å². The molecule has 0 radical (unpaired) electrons. The third kappa shape index (κ3) is 2.85. The molecule has 5 rings (SSSR count). The number of nitrogens with one attached hydrogen (secondary N) is 1. The molecule has 0 amide bonds. The van der Waals surface area contributed by atoms with E-state index in [2.05, 4.69) is 15.4 Å². The summed E-state index contributed by atoms with van der Waals surface area (Å²) in [6, 6.07) is 4.23. The van der Waals surface area contributed by atoms with Crippen LogP contribution in [0.2, 0.25) is 0 Å². The molecule has 0 spiro atoms. The van der Waals surface area contributed by atoms with E-state index in [1.54, 1.807) is 18.2 Å². The molecule has 2 aliphatic heterocycles. The number of hydrogen-bond acceptors (Lipinski definition) is 6. The van der Waals surface area contributed by atoms with Gasteiger partial charge in [0.1, 0.15) is 6.04 Å². The lowest BCUT2D eigenvalue weighted by Crippen LogP contribution is -2.36. The SMILES string of the molecule is CC1(C)CC(=O)C2=C(C1)Nc1nc(C(F)(F)F)nn1[C@@H]2c1ccc2c(c1)OCO2. The van der Waals surface area contributed by atoms with Crippen molar-refractivity contribution in [1.29, 1.82) is 0 Å². The summed E-state index contributed by atoms with van der Waals surface area (Å²) in [6.45, 7) is 3.97. The Morgan fingerprint density at radius 2 is 1.97 bits per heavy atom. The minimum Gasteiger partial charge on any atom is -0.454 e. The van der Waals surface area contributed by atoms with Crippen LogP contribution in [0.25, 0.3) is 0 Å². The third-order valence-electron chi connectivity index (χ3n) is 5.30. The van der Waals surface area contributed by atoms with Crippen LogP contribution >= 0.6 is 0 Å². The van der Waals surface area contributed by atoms with Crippen LogP contribution < -0.4 is 14.8 Å². The quantitative estimate of drug-likeness (QED) is 0.779. The number of hydrogen-bond donors (Lipinski definition) is 1. The molecule has 0 saturated carbocycles. The van der Waals surface area contributed by atoms with Crippen LogP contribution in [-0.4, -0.2) is 27.3 Å². The van der Waals surface area contributed by atoms with Crippen LogP contribution in [0.15, 0.2) is 29.5 Å². The standard InChI is InChI=1S/C19H17F3N4O3/c1-18(2)6-10-14(11(27)7-18)15(9-3-4-12-13(5-9)29-8-28-12)26-17(23-10)24-16(25-26)19(20,21)22/h3-5,15H,6-8H2,1-2H3,(H,23,24,25)/t15-/m1/s1. The Balaban J connectivity index is 1.70. The van der Waals surface area contributed by atoms with E-state index in [-0.39, 0.29) is 23.9 Å². The molecule has 1 aliphatic carbocycles. The number of benzene rings is 1. The van der Waals surface area contributed by atoms with Crippen molar-refractivity contribution in [2.24, 2.45) is 5.41 Å². The van der Waals surface area contributed by atoms with Gasteiger partial charge in [0.2, 0.25) is 12.7 Å². The summed E-state index contributed by atoms with van der Waals surface area (Å²) in [6.07, 6.45) is -3.89. The Morgan fingerprint density at radius 3 is 2.72 bits per heavy atom. The number of ether oxygens (including phenoxy) is 2. The number of rotatable bonds is 1. The van der Waals surface area contributed by atoms with Gasteiger partial charge in [-0.25, -0.2) is 4.68 Å². The zero-order valence-electron chi connectivity index (χ0n) is 15.6. The molecule has 0 saturated heterocycles. The molecule has 1 aromatic heterocycles. The number of Topliss-reactive ketones (excluding diaryl/α,β-unsaturated/α-hetero) is 1. The van der Waals surface area contributed by atoms with Gasteiger partial charge in [0.15, 0.2) is 17.3 Å². The fraction of sp³-hybridized carbons (Fsp3) is 0.421. The number of fused-ring (bicyclic) bond motifs is 2. The second-order valence-electron chi connectivity index (χ2n) is 8.17. The van der Waals surface area contributed by atoms with Gasteiger partial charge < -0.3 is 14.8 Å².